The third-order valence-electron chi connectivity index (χ3n) is 6.34. The highest BCUT2D eigenvalue weighted by molar-refractivity contribution is 7.90. The number of amides is 2. The number of nitrogens with one attached hydrogen (secondary N) is 1. The molecule has 6 nitrogen and oxygen atoms in total. The van der Waals surface area contributed by atoms with E-state index in [-0.39, 0.29) is 17.2 Å². The Morgan fingerprint density at radius 2 is 2.00 bits per heavy atom. The largest absolute Gasteiger partial charge is 0.366 e. The summed E-state index contributed by atoms with van der Waals surface area (Å²) in [5.41, 5.74) is 2.42. The molecule has 2 heterocycles. The molecule has 2 amide bonds. The van der Waals surface area contributed by atoms with Gasteiger partial charge in [-0.15, -0.1) is 0 Å². The van der Waals surface area contributed by atoms with Crippen LogP contribution >= 0.6 is 0 Å². The van der Waals surface area contributed by atoms with Crippen LogP contribution in [0.2, 0.25) is 0 Å². The molecule has 1 saturated heterocycles. The SMILES string of the molecule is CS(=O)(=O)CC1(CNC(=O)N2CCCN3c4ccccc4CC3C2)CCC1. The van der Waals surface area contributed by atoms with E-state index >= 15 is 0 Å². The normalized spacial score (nSPS) is 23.8. The Hall–Kier alpha value is -1.76. The number of para-hydroxylation sites is 1. The molecule has 1 N–H and O–H groups in total. The molecule has 1 saturated carbocycles. The molecule has 1 atom stereocenters. The molecule has 1 aromatic carbocycles. The second kappa shape index (κ2) is 7.00. The van der Waals surface area contributed by atoms with Crippen LogP contribution in [0.3, 0.4) is 0 Å². The maximum Gasteiger partial charge on any atom is 0.317 e. The maximum absolute atomic E-state index is 12.8. The van der Waals surface area contributed by atoms with Crippen LogP contribution in [0, 0.1) is 5.41 Å². The van der Waals surface area contributed by atoms with Crippen molar-refractivity contribution in [2.75, 3.05) is 43.1 Å². The third-order valence-corrected chi connectivity index (χ3v) is 7.48. The number of fused-ring (bicyclic) bond motifs is 3. The average Bonchev–Trinajstić information content (AvgIpc) is 2.78. The Morgan fingerprint density at radius 1 is 1.22 bits per heavy atom. The number of urea groups is 1. The Bertz CT molecular complexity index is 820. The average molecular weight is 392 g/mol. The molecule has 0 aromatic heterocycles. The summed E-state index contributed by atoms with van der Waals surface area (Å²) in [6, 6.07) is 8.81. The predicted molar refractivity (Wildman–Crippen MR) is 107 cm³/mol. The van der Waals surface area contributed by atoms with Crippen molar-refractivity contribution in [2.45, 2.75) is 38.1 Å². The van der Waals surface area contributed by atoms with Gasteiger partial charge in [-0.25, -0.2) is 13.2 Å². The number of carbonyl (C=O) groups is 1. The van der Waals surface area contributed by atoms with E-state index in [1.807, 2.05) is 4.90 Å². The first-order valence-electron chi connectivity index (χ1n) is 9.90. The minimum absolute atomic E-state index is 0.0485. The quantitative estimate of drug-likeness (QED) is 0.853. The van der Waals surface area contributed by atoms with Gasteiger partial charge in [-0.3, -0.25) is 0 Å². The number of rotatable bonds is 4. The minimum atomic E-state index is -3.04. The molecule has 2 fully saturated rings. The second-order valence-corrected chi connectivity index (χ2v) is 10.7. The minimum Gasteiger partial charge on any atom is -0.366 e. The van der Waals surface area contributed by atoms with Gasteiger partial charge in [0.05, 0.1) is 11.8 Å². The number of carbonyl (C=O) groups excluding carboxylic acids is 1. The van der Waals surface area contributed by atoms with E-state index in [2.05, 4.69) is 34.5 Å². The van der Waals surface area contributed by atoms with Gasteiger partial charge in [0, 0.05) is 43.5 Å². The van der Waals surface area contributed by atoms with Crippen molar-refractivity contribution >= 4 is 21.6 Å². The van der Waals surface area contributed by atoms with Crippen LogP contribution in [0.15, 0.2) is 24.3 Å². The van der Waals surface area contributed by atoms with E-state index in [0.29, 0.717) is 12.6 Å². The van der Waals surface area contributed by atoms with Gasteiger partial charge in [-0.1, -0.05) is 24.6 Å². The Morgan fingerprint density at radius 3 is 2.70 bits per heavy atom. The fraction of sp³-hybridized carbons (Fsp3) is 0.650. The van der Waals surface area contributed by atoms with Crippen LogP contribution in [0.5, 0.6) is 0 Å². The van der Waals surface area contributed by atoms with E-state index < -0.39 is 9.84 Å². The molecule has 7 heteroatoms. The van der Waals surface area contributed by atoms with Gasteiger partial charge >= 0.3 is 6.03 Å². The lowest BCUT2D eigenvalue weighted by Crippen LogP contribution is -2.51. The van der Waals surface area contributed by atoms with Crippen molar-refractivity contribution in [1.29, 1.82) is 0 Å². The van der Waals surface area contributed by atoms with Crippen LogP contribution in [0.25, 0.3) is 0 Å². The smallest absolute Gasteiger partial charge is 0.317 e. The molecule has 2 aliphatic heterocycles. The van der Waals surface area contributed by atoms with Gasteiger partial charge < -0.3 is 15.1 Å². The topological polar surface area (TPSA) is 69.7 Å². The van der Waals surface area contributed by atoms with Gasteiger partial charge in [0.2, 0.25) is 0 Å². The maximum atomic E-state index is 12.8. The van der Waals surface area contributed by atoms with Crippen LogP contribution in [0.4, 0.5) is 10.5 Å². The molecular formula is C20H29N3O3S. The zero-order valence-electron chi connectivity index (χ0n) is 16.0. The first-order chi connectivity index (χ1) is 12.9. The molecule has 148 valence electrons. The van der Waals surface area contributed by atoms with Gasteiger partial charge in [-0.05, 0) is 37.3 Å². The summed E-state index contributed by atoms with van der Waals surface area (Å²) in [6.45, 7) is 2.91. The first kappa shape index (κ1) is 18.6. The molecular weight excluding hydrogens is 362 g/mol. The zero-order chi connectivity index (χ0) is 19.1. The van der Waals surface area contributed by atoms with Crippen molar-refractivity contribution in [3.8, 4) is 0 Å². The molecule has 1 aliphatic carbocycles. The van der Waals surface area contributed by atoms with Crippen molar-refractivity contribution in [3.63, 3.8) is 0 Å². The van der Waals surface area contributed by atoms with Gasteiger partial charge in [0.1, 0.15) is 9.84 Å². The molecule has 0 bridgehead atoms. The Kier molecular flexibility index (Phi) is 4.82. The molecule has 0 radical (unpaired) electrons. The van der Waals surface area contributed by atoms with Gasteiger partial charge in [0.25, 0.3) is 0 Å². The van der Waals surface area contributed by atoms with Crippen molar-refractivity contribution in [3.05, 3.63) is 29.8 Å². The van der Waals surface area contributed by atoms with Crippen LogP contribution in [-0.2, 0) is 16.3 Å². The summed E-state index contributed by atoms with van der Waals surface area (Å²) in [5.74, 6) is 0.173. The van der Waals surface area contributed by atoms with Crippen LogP contribution in [-0.4, -0.2) is 63.6 Å². The number of anilines is 1. The summed E-state index contributed by atoms with van der Waals surface area (Å²) in [4.78, 5) is 17.2. The van der Waals surface area contributed by atoms with Gasteiger partial charge in [-0.2, -0.15) is 0 Å². The van der Waals surface area contributed by atoms with Crippen molar-refractivity contribution in [2.24, 2.45) is 5.41 Å². The number of sulfone groups is 1. The highest BCUT2D eigenvalue weighted by Gasteiger charge is 2.41. The third kappa shape index (κ3) is 3.93. The second-order valence-electron chi connectivity index (χ2n) is 8.56. The highest BCUT2D eigenvalue weighted by Crippen LogP contribution is 2.41. The lowest BCUT2D eigenvalue weighted by atomic mass is 9.70. The van der Waals surface area contributed by atoms with Crippen LogP contribution < -0.4 is 10.2 Å². The van der Waals surface area contributed by atoms with Crippen molar-refractivity contribution < 1.29 is 13.2 Å². The standard InChI is InChI=1S/C20H29N3O3S/c1-27(25,26)15-20(8-4-9-20)14-21-19(24)22-10-5-11-23-17(13-22)12-16-6-2-3-7-18(16)23/h2-3,6-7,17H,4-5,8-15H2,1H3,(H,21,24). The first-order valence-corrected chi connectivity index (χ1v) is 12.0. The van der Waals surface area contributed by atoms with E-state index in [0.717, 1.165) is 51.7 Å². The zero-order valence-corrected chi connectivity index (χ0v) is 16.8. The van der Waals surface area contributed by atoms with Crippen LogP contribution in [0.1, 0.15) is 31.2 Å². The summed E-state index contributed by atoms with van der Waals surface area (Å²) < 4.78 is 23.5. The van der Waals surface area contributed by atoms with E-state index in [9.17, 15) is 13.2 Å². The number of benzene rings is 1. The summed E-state index contributed by atoms with van der Waals surface area (Å²) >= 11 is 0. The Labute approximate surface area is 161 Å². The molecule has 1 aromatic rings. The number of hydrogen-bond acceptors (Lipinski definition) is 4. The molecule has 3 aliphatic rings. The number of nitrogens with zero attached hydrogens (tertiary/aromatic N) is 2. The monoisotopic (exact) mass is 391 g/mol. The molecule has 1 unspecified atom stereocenters. The fourth-order valence-corrected chi connectivity index (χ4v) is 6.44. The predicted octanol–water partition coefficient (Wildman–Crippen LogP) is 2.05. The van der Waals surface area contributed by atoms with E-state index in [1.54, 1.807) is 0 Å². The Balaban J connectivity index is 1.37. The van der Waals surface area contributed by atoms with Gasteiger partial charge in [0.15, 0.2) is 0 Å². The molecule has 0 spiro atoms. The summed E-state index contributed by atoms with van der Waals surface area (Å²) in [7, 11) is -3.04. The fourth-order valence-electron chi connectivity index (χ4n) is 4.93. The summed E-state index contributed by atoms with van der Waals surface area (Å²) in [6.07, 6.45) is 6.03. The summed E-state index contributed by atoms with van der Waals surface area (Å²) in [5, 5.41) is 3.05. The van der Waals surface area contributed by atoms with E-state index in [1.165, 1.54) is 17.5 Å². The lowest BCUT2D eigenvalue weighted by Gasteiger charge is -2.41. The van der Waals surface area contributed by atoms with E-state index in [4.69, 9.17) is 0 Å². The molecule has 27 heavy (non-hydrogen) atoms. The molecule has 4 rings (SSSR count). The highest BCUT2D eigenvalue weighted by atomic mass is 32.2. The van der Waals surface area contributed by atoms with Crippen molar-refractivity contribution in [1.82, 2.24) is 10.2 Å². The number of hydrogen-bond donors (Lipinski definition) is 1. The lowest BCUT2D eigenvalue weighted by molar-refractivity contribution is 0.149.